The van der Waals surface area contributed by atoms with Crippen molar-refractivity contribution in [2.45, 2.75) is 32.8 Å². The minimum atomic E-state index is -0.712. The molecule has 5 nitrogen and oxygen atoms in total. The van der Waals surface area contributed by atoms with Crippen LogP contribution in [0.1, 0.15) is 42.6 Å². The van der Waals surface area contributed by atoms with E-state index in [4.69, 9.17) is 9.47 Å². The van der Waals surface area contributed by atoms with E-state index in [1.807, 2.05) is 24.3 Å². The third-order valence-electron chi connectivity index (χ3n) is 3.82. The van der Waals surface area contributed by atoms with Crippen molar-refractivity contribution in [1.82, 2.24) is 0 Å². The molecule has 0 fully saturated rings. The maximum absolute atomic E-state index is 12.4. The normalized spacial score (nSPS) is 11.7. The molecule has 0 aliphatic carbocycles. The van der Waals surface area contributed by atoms with Gasteiger partial charge in [-0.2, -0.15) is 0 Å². The summed E-state index contributed by atoms with van der Waals surface area (Å²) in [5.74, 6) is 0.205. The molecule has 2 rings (SSSR count). The standard InChI is InChI=1S/C20H23NO4/c1-13(2)15-9-11-16(12-10-15)25-14(3)19(22)21-18-8-6-5-7-17(18)20(23)24-4/h5-14H,1-4H3,(H,21,22). The molecule has 0 aliphatic heterocycles. The average molecular weight is 341 g/mol. The van der Waals surface area contributed by atoms with Crippen LogP contribution in [-0.4, -0.2) is 25.1 Å². The summed E-state index contributed by atoms with van der Waals surface area (Å²) < 4.78 is 10.4. The summed E-state index contributed by atoms with van der Waals surface area (Å²) in [7, 11) is 1.30. The highest BCUT2D eigenvalue weighted by Gasteiger charge is 2.18. The number of carbonyl (C=O) groups is 2. The third kappa shape index (κ3) is 4.83. The zero-order valence-electron chi connectivity index (χ0n) is 14.9. The van der Waals surface area contributed by atoms with E-state index in [1.165, 1.54) is 12.7 Å². The minimum absolute atomic E-state index is 0.298. The van der Waals surface area contributed by atoms with E-state index in [9.17, 15) is 9.59 Å². The van der Waals surface area contributed by atoms with Crippen LogP contribution in [0, 0.1) is 0 Å². The highest BCUT2D eigenvalue weighted by Crippen LogP contribution is 2.20. The molecular weight excluding hydrogens is 318 g/mol. The van der Waals surface area contributed by atoms with Crippen LogP contribution >= 0.6 is 0 Å². The lowest BCUT2D eigenvalue weighted by Crippen LogP contribution is -2.30. The quantitative estimate of drug-likeness (QED) is 0.807. The lowest BCUT2D eigenvalue weighted by atomic mass is 10.0. The minimum Gasteiger partial charge on any atom is -0.481 e. The first kappa shape index (κ1) is 18.5. The van der Waals surface area contributed by atoms with Crippen molar-refractivity contribution >= 4 is 17.6 Å². The van der Waals surface area contributed by atoms with Crippen LogP contribution in [0.5, 0.6) is 5.75 Å². The second-order valence-electron chi connectivity index (χ2n) is 6.01. The molecule has 0 bridgehead atoms. The van der Waals surface area contributed by atoms with Crippen LogP contribution < -0.4 is 10.1 Å². The van der Waals surface area contributed by atoms with Gasteiger partial charge in [0.2, 0.25) is 0 Å². The Morgan fingerprint density at radius 3 is 2.20 bits per heavy atom. The Morgan fingerprint density at radius 1 is 0.960 bits per heavy atom. The Kier molecular flexibility index (Phi) is 6.17. The Labute approximate surface area is 148 Å². The number of amides is 1. The molecule has 2 aromatic rings. The number of nitrogens with one attached hydrogen (secondary N) is 1. The predicted octanol–water partition coefficient (Wildman–Crippen LogP) is 4.00. The molecule has 1 atom stereocenters. The molecule has 1 N–H and O–H groups in total. The summed E-state index contributed by atoms with van der Waals surface area (Å²) in [4.78, 5) is 24.1. The molecule has 0 radical (unpaired) electrons. The zero-order valence-corrected chi connectivity index (χ0v) is 14.9. The van der Waals surface area contributed by atoms with E-state index in [-0.39, 0.29) is 5.91 Å². The number of rotatable bonds is 6. The molecule has 0 heterocycles. The number of hydrogen-bond donors (Lipinski definition) is 1. The molecular formula is C20H23NO4. The van der Waals surface area contributed by atoms with Crippen molar-refractivity contribution in [3.05, 3.63) is 59.7 Å². The Hall–Kier alpha value is -2.82. The number of benzene rings is 2. The Balaban J connectivity index is 2.04. The van der Waals surface area contributed by atoms with Gasteiger partial charge in [-0.05, 0) is 42.7 Å². The SMILES string of the molecule is COC(=O)c1ccccc1NC(=O)C(C)Oc1ccc(C(C)C)cc1. The number of para-hydroxylation sites is 1. The first-order valence-electron chi connectivity index (χ1n) is 8.17. The number of methoxy groups -OCH3 is 1. The number of carbonyl (C=O) groups excluding carboxylic acids is 2. The van der Waals surface area contributed by atoms with Gasteiger partial charge in [-0.15, -0.1) is 0 Å². The molecule has 0 saturated carbocycles. The lowest BCUT2D eigenvalue weighted by Gasteiger charge is -2.16. The Morgan fingerprint density at radius 2 is 1.60 bits per heavy atom. The van der Waals surface area contributed by atoms with Gasteiger partial charge in [0.15, 0.2) is 6.10 Å². The highest BCUT2D eigenvalue weighted by molar-refractivity contribution is 6.02. The van der Waals surface area contributed by atoms with E-state index in [0.717, 1.165) is 0 Å². The van der Waals surface area contributed by atoms with Gasteiger partial charge in [0.25, 0.3) is 5.91 Å². The lowest BCUT2D eigenvalue weighted by molar-refractivity contribution is -0.122. The van der Waals surface area contributed by atoms with Crippen LogP contribution in [0.3, 0.4) is 0 Å². The monoisotopic (exact) mass is 341 g/mol. The zero-order chi connectivity index (χ0) is 18.4. The maximum Gasteiger partial charge on any atom is 0.339 e. The Bertz CT molecular complexity index is 738. The van der Waals surface area contributed by atoms with E-state index in [1.54, 1.807) is 31.2 Å². The summed E-state index contributed by atoms with van der Waals surface area (Å²) in [6.07, 6.45) is -0.712. The van der Waals surface area contributed by atoms with Gasteiger partial charge >= 0.3 is 5.97 Å². The fraction of sp³-hybridized carbons (Fsp3) is 0.300. The first-order chi connectivity index (χ1) is 11.9. The van der Waals surface area contributed by atoms with Crippen molar-refractivity contribution in [3.8, 4) is 5.75 Å². The first-order valence-corrected chi connectivity index (χ1v) is 8.17. The fourth-order valence-corrected chi connectivity index (χ4v) is 2.30. The average Bonchev–Trinajstić information content (AvgIpc) is 2.61. The van der Waals surface area contributed by atoms with Gasteiger partial charge in [0, 0.05) is 0 Å². The summed E-state index contributed by atoms with van der Waals surface area (Å²) in [6, 6.07) is 14.3. The fourth-order valence-electron chi connectivity index (χ4n) is 2.30. The summed E-state index contributed by atoms with van der Waals surface area (Å²) in [5, 5.41) is 2.71. The van der Waals surface area contributed by atoms with Crippen molar-refractivity contribution in [3.63, 3.8) is 0 Å². The molecule has 25 heavy (non-hydrogen) atoms. The topological polar surface area (TPSA) is 64.6 Å². The van der Waals surface area contributed by atoms with E-state index < -0.39 is 12.1 Å². The molecule has 2 aromatic carbocycles. The van der Waals surface area contributed by atoms with Crippen LogP contribution in [0.25, 0.3) is 0 Å². The summed E-state index contributed by atoms with van der Waals surface area (Å²) >= 11 is 0. The number of anilines is 1. The van der Waals surface area contributed by atoms with Gasteiger partial charge in [0.05, 0.1) is 18.4 Å². The number of esters is 1. The molecule has 132 valence electrons. The number of hydrogen-bond acceptors (Lipinski definition) is 4. The van der Waals surface area contributed by atoms with Crippen molar-refractivity contribution in [1.29, 1.82) is 0 Å². The molecule has 1 unspecified atom stereocenters. The van der Waals surface area contributed by atoms with Crippen molar-refractivity contribution in [2.24, 2.45) is 0 Å². The molecule has 0 spiro atoms. The van der Waals surface area contributed by atoms with E-state index >= 15 is 0 Å². The summed E-state index contributed by atoms with van der Waals surface area (Å²) in [5.41, 5.74) is 1.90. The third-order valence-corrected chi connectivity index (χ3v) is 3.82. The van der Waals surface area contributed by atoms with E-state index in [0.29, 0.717) is 22.9 Å². The second-order valence-corrected chi connectivity index (χ2v) is 6.01. The molecule has 0 saturated heterocycles. The summed E-state index contributed by atoms with van der Waals surface area (Å²) in [6.45, 7) is 5.89. The number of ether oxygens (including phenoxy) is 2. The van der Waals surface area contributed by atoms with Crippen LogP contribution in [0.2, 0.25) is 0 Å². The predicted molar refractivity (Wildman–Crippen MR) is 97.0 cm³/mol. The van der Waals surface area contributed by atoms with E-state index in [2.05, 4.69) is 19.2 Å². The second kappa shape index (κ2) is 8.33. The highest BCUT2D eigenvalue weighted by atomic mass is 16.5. The molecule has 1 amide bonds. The van der Waals surface area contributed by atoms with Crippen LogP contribution in [0.15, 0.2) is 48.5 Å². The molecule has 0 aromatic heterocycles. The van der Waals surface area contributed by atoms with Crippen molar-refractivity contribution < 1.29 is 19.1 Å². The van der Waals surface area contributed by atoms with Crippen molar-refractivity contribution in [2.75, 3.05) is 12.4 Å². The largest absolute Gasteiger partial charge is 0.481 e. The van der Waals surface area contributed by atoms with Gasteiger partial charge < -0.3 is 14.8 Å². The van der Waals surface area contributed by atoms with Crippen LogP contribution in [-0.2, 0) is 9.53 Å². The van der Waals surface area contributed by atoms with Gasteiger partial charge in [-0.3, -0.25) is 4.79 Å². The smallest absolute Gasteiger partial charge is 0.339 e. The molecule has 5 heteroatoms. The van der Waals surface area contributed by atoms with Gasteiger partial charge in [0.1, 0.15) is 5.75 Å². The maximum atomic E-state index is 12.4. The van der Waals surface area contributed by atoms with Gasteiger partial charge in [-0.1, -0.05) is 38.1 Å². The molecule has 0 aliphatic rings. The van der Waals surface area contributed by atoms with Gasteiger partial charge in [-0.25, -0.2) is 4.79 Å². The van der Waals surface area contributed by atoms with Crippen LogP contribution in [0.4, 0.5) is 5.69 Å².